The van der Waals surface area contributed by atoms with Crippen molar-refractivity contribution in [1.82, 2.24) is 0 Å². The summed E-state index contributed by atoms with van der Waals surface area (Å²) >= 11 is 0. The van der Waals surface area contributed by atoms with Crippen LogP contribution in [-0.2, 0) is 0 Å². The Morgan fingerprint density at radius 1 is 0.941 bits per heavy atom. The maximum atomic E-state index is 2.49. The molecular weight excluding hydrogens is 220 g/mol. The molecule has 2 rings (SSSR count). The van der Waals surface area contributed by atoms with Crippen molar-refractivity contribution >= 4 is 13.3 Å². The van der Waals surface area contributed by atoms with Gasteiger partial charge in [-0.3, -0.25) is 0 Å². The first-order valence-electron chi connectivity index (χ1n) is 6.35. The molecule has 0 amide bonds. The Morgan fingerprint density at radius 2 is 1.53 bits per heavy atom. The third kappa shape index (κ3) is 2.04. The first kappa shape index (κ1) is 12.4. The summed E-state index contributed by atoms with van der Waals surface area (Å²) in [6.45, 7) is 11.8. The van der Waals surface area contributed by atoms with Crippen LogP contribution in [0.25, 0.3) is 0 Å². The monoisotopic (exact) mass is 242 g/mol. The van der Waals surface area contributed by atoms with Crippen LogP contribution < -0.4 is 5.19 Å². The van der Waals surface area contributed by atoms with Gasteiger partial charge in [0.25, 0.3) is 0 Å². The van der Waals surface area contributed by atoms with Crippen molar-refractivity contribution in [3.8, 4) is 0 Å². The molecule has 0 aliphatic heterocycles. The summed E-state index contributed by atoms with van der Waals surface area (Å²) in [6, 6.07) is 11.1. The Balaban J connectivity index is 2.44. The van der Waals surface area contributed by atoms with Gasteiger partial charge in [0.15, 0.2) is 0 Å². The van der Waals surface area contributed by atoms with Gasteiger partial charge in [0.1, 0.15) is 0 Å². The van der Waals surface area contributed by atoms with E-state index in [-0.39, 0.29) is 0 Å². The van der Waals surface area contributed by atoms with Gasteiger partial charge in [-0.25, -0.2) is 0 Å². The van der Waals surface area contributed by atoms with Crippen LogP contribution in [-0.4, -0.2) is 8.07 Å². The highest BCUT2D eigenvalue weighted by Gasteiger charge is 2.38. The fraction of sp³-hybridized carbons (Fsp3) is 0.375. The molecule has 0 saturated carbocycles. The summed E-state index contributed by atoms with van der Waals surface area (Å²) in [5, 5.41) is 1.56. The lowest BCUT2D eigenvalue weighted by atomic mass is 10.1. The van der Waals surface area contributed by atoms with E-state index in [1.54, 1.807) is 16.3 Å². The van der Waals surface area contributed by atoms with E-state index in [0.717, 1.165) is 0 Å². The lowest BCUT2D eigenvalue weighted by molar-refractivity contribution is 1.08. The van der Waals surface area contributed by atoms with Gasteiger partial charge in [-0.2, -0.15) is 0 Å². The lowest BCUT2D eigenvalue weighted by Crippen LogP contribution is -2.46. The Morgan fingerprint density at radius 3 is 2.00 bits per heavy atom. The van der Waals surface area contributed by atoms with E-state index in [9.17, 15) is 0 Å². The zero-order valence-electron chi connectivity index (χ0n) is 11.5. The average Bonchev–Trinajstić information content (AvgIpc) is 2.54. The van der Waals surface area contributed by atoms with E-state index < -0.39 is 8.07 Å². The molecule has 1 aliphatic carbocycles. The molecule has 1 aliphatic rings. The van der Waals surface area contributed by atoms with Crippen LogP contribution in [0, 0.1) is 0 Å². The number of hydrogen-bond donors (Lipinski definition) is 0. The Kier molecular flexibility index (Phi) is 3.13. The highest BCUT2D eigenvalue weighted by atomic mass is 28.3. The van der Waals surface area contributed by atoms with E-state index in [1.807, 2.05) is 0 Å². The first-order valence-corrected chi connectivity index (χ1v) is 9.43. The zero-order valence-corrected chi connectivity index (χ0v) is 12.5. The van der Waals surface area contributed by atoms with Gasteiger partial charge in [0, 0.05) is 5.54 Å². The van der Waals surface area contributed by atoms with E-state index in [0.29, 0.717) is 5.54 Å². The minimum Gasteiger partial charge on any atom is -0.0682 e. The largest absolute Gasteiger partial charge is 0.0918 e. The standard InChI is InChI=1S/C16H22Si/c1-12-11-13(2)16(14(12)3)17(4,5)15-9-7-6-8-10-15/h6-11,16H,1-5H3. The molecule has 0 nitrogen and oxygen atoms in total. The molecule has 0 aromatic heterocycles. The Hall–Kier alpha value is -1.08. The number of rotatable bonds is 2. The summed E-state index contributed by atoms with van der Waals surface area (Å²) in [5.41, 5.74) is 5.30. The van der Waals surface area contributed by atoms with Crippen LogP contribution in [0.5, 0.6) is 0 Å². The molecule has 90 valence electrons. The Bertz CT molecular complexity index is 478. The molecule has 0 heterocycles. The molecule has 1 aromatic rings. The van der Waals surface area contributed by atoms with Crippen LogP contribution in [0.4, 0.5) is 0 Å². The molecule has 0 N–H and O–H groups in total. The molecule has 0 radical (unpaired) electrons. The van der Waals surface area contributed by atoms with Crippen molar-refractivity contribution in [2.45, 2.75) is 39.4 Å². The van der Waals surface area contributed by atoms with Gasteiger partial charge >= 0.3 is 0 Å². The van der Waals surface area contributed by atoms with Crippen LogP contribution in [0.1, 0.15) is 20.8 Å². The molecule has 1 heteroatoms. The summed E-state index contributed by atoms with van der Waals surface area (Å²) in [5.74, 6) is 0. The molecule has 1 aromatic carbocycles. The first-order chi connectivity index (χ1) is 7.94. The van der Waals surface area contributed by atoms with Crippen molar-refractivity contribution in [3.63, 3.8) is 0 Å². The highest BCUT2D eigenvalue weighted by Crippen LogP contribution is 2.42. The fourth-order valence-corrected chi connectivity index (χ4v) is 7.17. The van der Waals surface area contributed by atoms with Gasteiger partial charge in [0.05, 0.1) is 8.07 Å². The van der Waals surface area contributed by atoms with E-state index in [1.165, 1.54) is 5.57 Å². The average molecular weight is 242 g/mol. The molecular formula is C16H22Si. The predicted octanol–water partition coefficient (Wildman–Crippen LogP) is 4.27. The van der Waals surface area contributed by atoms with Gasteiger partial charge in [-0.15, -0.1) is 0 Å². The normalized spacial score (nSPS) is 20.8. The topological polar surface area (TPSA) is 0 Å². The zero-order chi connectivity index (χ0) is 12.6. The number of allylic oxidation sites excluding steroid dienone is 4. The number of benzene rings is 1. The molecule has 0 saturated heterocycles. The molecule has 0 spiro atoms. The van der Waals surface area contributed by atoms with Crippen LogP contribution in [0.15, 0.2) is 53.1 Å². The summed E-state index contributed by atoms with van der Waals surface area (Å²) in [7, 11) is -1.44. The van der Waals surface area contributed by atoms with E-state index in [4.69, 9.17) is 0 Å². The van der Waals surface area contributed by atoms with E-state index in [2.05, 4.69) is 70.3 Å². The van der Waals surface area contributed by atoms with Crippen molar-refractivity contribution in [3.05, 3.63) is 53.1 Å². The summed E-state index contributed by atoms with van der Waals surface area (Å²) < 4.78 is 0. The minimum atomic E-state index is -1.44. The van der Waals surface area contributed by atoms with Crippen LogP contribution in [0.2, 0.25) is 18.6 Å². The van der Waals surface area contributed by atoms with Gasteiger partial charge in [-0.05, 0) is 20.8 Å². The quantitative estimate of drug-likeness (QED) is 0.679. The maximum absolute atomic E-state index is 2.49. The van der Waals surface area contributed by atoms with Crippen LogP contribution >= 0.6 is 0 Å². The van der Waals surface area contributed by atoms with Crippen molar-refractivity contribution < 1.29 is 0 Å². The smallest absolute Gasteiger partial charge is 0.0682 e. The third-order valence-corrected chi connectivity index (χ3v) is 8.35. The predicted molar refractivity (Wildman–Crippen MR) is 79.4 cm³/mol. The fourth-order valence-electron chi connectivity index (χ4n) is 3.25. The molecule has 0 bridgehead atoms. The van der Waals surface area contributed by atoms with E-state index >= 15 is 0 Å². The second-order valence-electron chi connectivity index (χ2n) is 5.78. The van der Waals surface area contributed by atoms with Gasteiger partial charge < -0.3 is 0 Å². The van der Waals surface area contributed by atoms with Gasteiger partial charge in [-0.1, -0.05) is 71.4 Å². The second kappa shape index (κ2) is 4.30. The van der Waals surface area contributed by atoms with Gasteiger partial charge in [0.2, 0.25) is 0 Å². The van der Waals surface area contributed by atoms with Crippen molar-refractivity contribution in [1.29, 1.82) is 0 Å². The molecule has 1 atom stereocenters. The summed E-state index contributed by atoms with van der Waals surface area (Å²) in [4.78, 5) is 0. The van der Waals surface area contributed by atoms with Crippen molar-refractivity contribution in [2.24, 2.45) is 0 Å². The SMILES string of the molecule is CC1=CC(C)=C(C)C1[Si](C)(C)c1ccccc1. The second-order valence-corrected chi connectivity index (χ2v) is 10.4. The maximum Gasteiger partial charge on any atom is 0.0918 e. The Labute approximate surface area is 106 Å². The molecule has 0 fully saturated rings. The third-order valence-electron chi connectivity index (χ3n) is 4.19. The lowest BCUT2D eigenvalue weighted by Gasteiger charge is -2.33. The highest BCUT2D eigenvalue weighted by molar-refractivity contribution is 6.92. The van der Waals surface area contributed by atoms with Crippen LogP contribution in [0.3, 0.4) is 0 Å². The minimum absolute atomic E-state index is 0.685. The molecule has 17 heavy (non-hydrogen) atoms. The molecule has 1 unspecified atom stereocenters. The number of hydrogen-bond acceptors (Lipinski definition) is 0. The van der Waals surface area contributed by atoms with Crippen molar-refractivity contribution in [2.75, 3.05) is 0 Å². The summed E-state index contributed by atoms with van der Waals surface area (Å²) in [6.07, 6.45) is 2.37.